The van der Waals surface area contributed by atoms with Crippen molar-refractivity contribution in [2.75, 3.05) is 7.11 Å². The number of hydrogen-bond acceptors (Lipinski definition) is 3. The Morgan fingerprint density at radius 3 is 1.59 bits per heavy atom. The molecule has 3 nitrogen and oxygen atoms in total. The summed E-state index contributed by atoms with van der Waals surface area (Å²) < 4.78 is 4.58. The van der Waals surface area contributed by atoms with Crippen LogP contribution in [0.4, 0.5) is 0 Å². The Labute approximate surface area is 105 Å². The molecule has 100 valence electrons. The molecule has 0 amide bonds. The van der Waals surface area contributed by atoms with E-state index >= 15 is 0 Å². The molecule has 0 radical (unpaired) electrons. The number of carbonyl (C=O) groups excluding carboxylic acids is 2. The fourth-order valence-corrected chi connectivity index (χ4v) is 1.81. The number of unbranched alkanes of at least 4 members (excludes halogenated alkanes) is 7. The number of carbonyl (C=O) groups is 2. The molecule has 0 saturated heterocycles. The van der Waals surface area contributed by atoms with Gasteiger partial charge in [0.1, 0.15) is 5.78 Å². The second kappa shape index (κ2) is 11.6. The molecule has 0 saturated carbocycles. The predicted octanol–water partition coefficient (Wildman–Crippen LogP) is 3.65. The number of rotatable bonds is 11. The summed E-state index contributed by atoms with van der Waals surface area (Å²) in [6, 6.07) is 0. The molecule has 0 aliphatic carbocycles. The van der Waals surface area contributed by atoms with Gasteiger partial charge in [-0.05, 0) is 19.8 Å². The van der Waals surface area contributed by atoms with Crippen LogP contribution in [0.1, 0.15) is 71.1 Å². The van der Waals surface area contributed by atoms with Crippen LogP contribution in [-0.4, -0.2) is 18.9 Å². The van der Waals surface area contributed by atoms with Gasteiger partial charge in [-0.15, -0.1) is 0 Å². The molecule has 0 aliphatic heterocycles. The van der Waals surface area contributed by atoms with Crippen LogP contribution in [0.3, 0.4) is 0 Å². The summed E-state index contributed by atoms with van der Waals surface area (Å²) in [7, 11) is 1.43. The number of esters is 1. The maximum absolute atomic E-state index is 10.8. The highest BCUT2D eigenvalue weighted by atomic mass is 16.5. The monoisotopic (exact) mass is 242 g/mol. The van der Waals surface area contributed by atoms with E-state index in [1.165, 1.54) is 39.2 Å². The van der Waals surface area contributed by atoms with Crippen molar-refractivity contribution in [3.05, 3.63) is 0 Å². The maximum Gasteiger partial charge on any atom is 0.305 e. The van der Waals surface area contributed by atoms with Crippen LogP contribution in [0.2, 0.25) is 0 Å². The van der Waals surface area contributed by atoms with E-state index in [4.69, 9.17) is 0 Å². The van der Waals surface area contributed by atoms with E-state index in [-0.39, 0.29) is 5.97 Å². The van der Waals surface area contributed by atoms with Crippen LogP contribution < -0.4 is 0 Å². The normalized spacial score (nSPS) is 10.2. The van der Waals surface area contributed by atoms with Gasteiger partial charge in [-0.1, -0.05) is 38.5 Å². The van der Waals surface area contributed by atoms with Crippen LogP contribution in [0, 0.1) is 0 Å². The van der Waals surface area contributed by atoms with E-state index in [9.17, 15) is 9.59 Å². The molecule has 0 rings (SSSR count). The number of ketones is 1. The molecule has 0 aromatic rings. The van der Waals surface area contributed by atoms with Crippen LogP contribution in [0.5, 0.6) is 0 Å². The predicted molar refractivity (Wildman–Crippen MR) is 68.9 cm³/mol. The average Bonchev–Trinajstić information content (AvgIpc) is 2.30. The molecule has 3 heteroatoms. The molecule has 0 bridgehead atoms. The summed E-state index contributed by atoms with van der Waals surface area (Å²) in [5, 5.41) is 0. The molecule has 0 unspecified atom stereocenters. The molecule has 0 fully saturated rings. The molecule has 0 aromatic carbocycles. The number of ether oxygens (including phenoxy) is 1. The Balaban J connectivity index is 3.03. The summed E-state index contributed by atoms with van der Waals surface area (Å²) in [6.07, 6.45) is 10.5. The first kappa shape index (κ1) is 16.1. The van der Waals surface area contributed by atoms with Gasteiger partial charge in [0.15, 0.2) is 0 Å². The number of Topliss-reactive ketones (excluding diaryl/α,β-unsaturated/α-hetero) is 1. The Kier molecular flexibility index (Phi) is 11.0. The SMILES string of the molecule is COC(=O)CCCCCCCCCCC(C)=O. The second-order valence-corrected chi connectivity index (χ2v) is 4.61. The van der Waals surface area contributed by atoms with E-state index < -0.39 is 0 Å². The standard InChI is InChI=1S/C14H26O3/c1-13(15)11-9-7-5-3-4-6-8-10-12-14(16)17-2/h3-12H2,1-2H3. The second-order valence-electron chi connectivity index (χ2n) is 4.61. The van der Waals surface area contributed by atoms with Gasteiger partial charge in [-0.2, -0.15) is 0 Å². The fraction of sp³-hybridized carbons (Fsp3) is 0.857. The lowest BCUT2D eigenvalue weighted by Crippen LogP contribution is -1.99. The summed E-state index contributed by atoms with van der Waals surface area (Å²) >= 11 is 0. The fourth-order valence-electron chi connectivity index (χ4n) is 1.81. The highest BCUT2D eigenvalue weighted by molar-refractivity contribution is 5.75. The quantitative estimate of drug-likeness (QED) is 0.410. The van der Waals surface area contributed by atoms with Crippen LogP contribution >= 0.6 is 0 Å². The van der Waals surface area contributed by atoms with Gasteiger partial charge < -0.3 is 9.53 Å². The highest BCUT2D eigenvalue weighted by Gasteiger charge is 1.99. The Hall–Kier alpha value is -0.860. The first-order valence-corrected chi connectivity index (χ1v) is 6.73. The minimum Gasteiger partial charge on any atom is -0.469 e. The van der Waals surface area contributed by atoms with Crippen molar-refractivity contribution >= 4 is 11.8 Å². The molecule has 17 heavy (non-hydrogen) atoms. The zero-order chi connectivity index (χ0) is 12.9. The van der Waals surface area contributed by atoms with Gasteiger partial charge in [0, 0.05) is 12.8 Å². The maximum atomic E-state index is 10.8. The lowest BCUT2D eigenvalue weighted by atomic mass is 10.1. The third-order valence-electron chi connectivity index (χ3n) is 2.89. The average molecular weight is 242 g/mol. The molecule has 0 spiro atoms. The van der Waals surface area contributed by atoms with Gasteiger partial charge in [0.05, 0.1) is 7.11 Å². The third kappa shape index (κ3) is 13.1. The molecule has 0 atom stereocenters. The van der Waals surface area contributed by atoms with Crippen molar-refractivity contribution in [1.29, 1.82) is 0 Å². The number of methoxy groups -OCH3 is 1. The molecule has 0 N–H and O–H groups in total. The molecular formula is C14H26O3. The number of hydrogen-bond donors (Lipinski definition) is 0. The van der Waals surface area contributed by atoms with E-state index in [1.54, 1.807) is 6.92 Å². The van der Waals surface area contributed by atoms with Gasteiger partial charge in [-0.25, -0.2) is 0 Å². The lowest BCUT2D eigenvalue weighted by Gasteiger charge is -2.01. The van der Waals surface area contributed by atoms with Crippen molar-refractivity contribution in [3.63, 3.8) is 0 Å². The third-order valence-corrected chi connectivity index (χ3v) is 2.89. The van der Waals surface area contributed by atoms with Gasteiger partial charge >= 0.3 is 5.97 Å². The van der Waals surface area contributed by atoms with E-state index in [2.05, 4.69) is 4.74 Å². The van der Waals surface area contributed by atoms with Crippen LogP contribution in [-0.2, 0) is 14.3 Å². The van der Waals surface area contributed by atoms with Crippen molar-refractivity contribution in [1.82, 2.24) is 0 Å². The smallest absolute Gasteiger partial charge is 0.305 e. The van der Waals surface area contributed by atoms with E-state index in [0.717, 1.165) is 25.7 Å². The van der Waals surface area contributed by atoms with E-state index in [1.807, 2.05) is 0 Å². The topological polar surface area (TPSA) is 43.4 Å². The van der Waals surface area contributed by atoms with Crippen LogP contribution in [0.25, 0.3) is 0 Å². The summed E-state index contributed by atoms with van der Waals surface area (Å²) in [4.78, 5) is 21.5. The first-order valence-electron chi connectivity index (χ1n) is 6.73. The summed E-state index contributed by atoms with van der Waals surface area (Å²) in [6.45, 7) is 1.65. The molecule has 0 aromatic heterocycles. The minimum absolute atomic E-state index is 0.103. The van der Waals surface area contributed by atoms with Crippen molar-refractivity contribution in [3.8, 4) is 0 Å². The Morgan fingerprint density at radius 2 is 1.18 bits per heavy atom. The summed E-state index contributed by atoms with van der Waals surface area (Å²) in [5.74, 6) is 0.196. The molecule has 0 heterocycles. The van der Waals surface area contributed by atoms with Gasteiger partial charge in [0.25, 0.3) is 0 Å². The van der Waals surface area contributed by atoms with Crippen molar-refractivity contribution in [2.45, 2.75) is 71.1 Å². The first-order chi connectivity index (χ1) is 8.16. The minimum atomic E-state index is -0.103. The van der Waals surface area contributed by atoms with E-state index in [0.29, 0.717) is 12.2 Å². The van der Waals surface area contributed by atoms with Gasteiger partial charge in [-0.3, -0.25) is 4.79 Å². The lowest BCUT2D eigenvalue weighted by molar-refractivity contribution is -0.140. The highest BCUT2D eigenvalue weighted by Crippen LogP contribution is 2.10. The van der Waals surface area contributed by atoms with Crippen molar-refractivity contribution in [2.24, 2.45) is 0 Å². The van der Waals surface area contributed by atoms with Crippen molar-refractivity contribution < 1.29 is 14.3 Å². The largest absolute Gasteiger partial charge is 0.469 e. The van der Waals surface area contributed by atoms with Gasteiger partial charge in [0.2, 0.25) is 0 Å². The molecule has 0 aliphatic rings. The zero-order valence-corrected chi connectivity index (χ0v) is 11.3. The molecular weight excluding hydrogens is 216 g/mol. The Bertz CT molecular complexity index is 212. The van der Waals surface area contributed by atoms with Crippen LogP contribution in [0.15, 0.2) is 0 Å². The summed E-state index contributed by atoms with van der Waals surface area (Å²) in [5.41, 5.74) is 0. The zero-order valence-electron chi connectivity index (χ0n) is 11.3. The Morgan fingerprint density at radius 1 is 0.765 bits per heavy atom.